The second kappa shape index (κ2) is 13.7. The van der Waals surface area contributed by atoms with Crippen LogP contribution in [0.15, 0.2) is 83.3 Å². The number of sulfonamides is 1. The first-order valence-corrected chi connectivity index (χ1v) is 16.3. The van der Waals surface area contributed by atoms with Crippen molar-refractivity contribution in [2.75, 3.05) is 17.1 Å². The first-order chi connectivity index (χ1) is 19.1. The molecule has 0 aromatic heterocycles. The van der Waals surface area contributed by atoms with Gasteiger partial charge >= 0.3 is 0 Å². The van der Waals surface area contributed by atoms with Gasteiger partial charge in [0, 0.05) is 23.0 Å². The molecular formula is C32H40BrN3O4S. The Morgan fingerprint density at radius 3 is 1.98 bits per heavy atom. The maximum Gasteiger partial charge on any atom is 0.244 e. The number of carbonyl (C=O) groups excluding carboxylic acids is 2. The quantitative estimate of drug-likeness (QED) is 0.283. The molecule has 3 aromatic rings. The maximum absolute atomic E-state index is 14.2. The number of nitrogens with one attached hydrogen (secondary N) is 1. The number of hydrogen-bond acceptors (Lipinski definition) is 4. The highest BCUT2D eigenvalue weighted by atomic mass is 79.9. The van der Waals surface area contributed by atoms with Crippen LogP contribution in [0.2, 0.25) is 0 Å². The molecule has 9 heteroatoms. The zero-order valence-electron chi connectivity index (χ0n) is 24.6. The third-order valence-electron chi connectivity index (χ3n) is 6.56. The van der Waals surface area contributed by atoms with Crippen LogP contribution in [-0.2, 0) is 32.6 Å². The van der Waals surface area contributed by atoms with Crippen LogP contribution in [0, 0.1) is 0 Å². The summed E-state index contributed by atoms with van der Waals surface area (Å²) in [5.74, 6) is -0.505. The summed E-state index contributed by atoms with van der Waals surface area (Å²) in [6.07, 6.45) is 1.36. The molecule has 0 unspecified atom stereocenters. The van der Waals surface area contributed by atoms with E-state index in [1.165, 1.54) is 4.90 Å². The lowest BCUT2D eigenvalue weighted by Crippen LogP contribution is -2.56. The largest absolute Gasteiger partial charge is 0.350 e. The Morgan fingerprint density at radius 1 is 0.878 bits per heavy atom. The number of hydrogen-bond donors (Lipinski definition) is 1. The molecule has 0 bridgehead atoms. The van der Waals surface area contributed by atoms with Crippen molar-refractivity contribution in [1.29, 1.82) is 0 Å². The van der Waals surface area contributed by atoms with Gasteiger partial charge in [-0.15, -0.1) is 0 Å². The summed E-state index contributed by atoms with van der Waals surface area (Å²) in [5.41, 5.74) is 2.63. The molecule has 1 N–H and O–H groups in total. The molecule has 41 heavy (non-hydrogen) atoms. The van der Waals surface area contributed by atoms with Crippen LogP contribution < -0.4 is 9.62 Å². The lowest BCUT2D eigenvalue weighted by atomic mass is 10.0. The van der Waals surface area contributed by atoms with Gasteiger partial charge in [0.05, 0.1) is 11.9 Å². The molecule has 0 saturated heterocycles. The Hall–Kier alpha value is -3.17. The van der Waals surface area contributed by atoms with Crippen LogP contribution >= 0.6 is 15.9 Å². The lowest BCUT2D eigenvalue weighted by molar-refractivity contribution is -0.140. The molecule has 3 aromatic carbocycles. The van der Waals surface area contributed by atoms with E-state index < -0.39 is 34.1 Å². The Balaban J connectivity index is 2.06. The highest BCUT2D eigenvalue weighted by Gasteiger charge is 2.34. The molecule has 3 rings (SSSR count). The van der Waals surface area contributed by atoms with Gasteiger partial charge in [0.1, 0.15) is 12.6 Å². The number of benzene rings is 3. The molecule has 2 amide bonds. The van der Waals surface area contributed by atoms with E-state index in [0.717, 1.165) is 31.7 Å². The Labute approximate surface area is 253 Å². The first kappa shape index (κ1) is 32.3. The number of amides is 2. The van der Waals surface area contributed by atoms with E-state index in [0.29, 0.717) is 5.69 Å². The predicted octanol–water partition coefficient (Wildman–Crippen LogP) is 5.89. The highest BCUT2D eigenvalue weighted by Crippen LogP contribution is 2.24. The van der Waals surface area contributed by atoms with Crippen molar-refractivity contribution in [2.24, 2.45) is 0 Å². The van der Waals surface area contributed by atoms with Gasteiger partial charge in [0.15, 0.2) is 0 Å². The summed E-state index contributed by atoms with van der Waals surface area (Å²) < 4.78 is 27.9. The molecule has 0 aliphatic heterocycles. The van der Waals surface area contributed by atoms with Crippen molar-refractivity contribution in [1.82, 2.24) is 10.2 Å². The zero-order chi connectivity index (χ0) is 30.4. The van der Waals surface area contributed by atoms with Gasteiger partial charge in [-0.1, -0.05) is 84.4 Å². The Bertz CT molecular complexity index is 1420. The van der Waals surface area contributed by atoms with E-state index in [4.69, 9.17) is 0 Å². The average molecular weight is 643 g/mol. The van der Waals surface area contributed by atoms with E-state index in [9.17, 15) is 18.0 Å². The van der Waals surface area contributed by atoms with Crippen LogP contribution in [0.3, 0.4) is 0 Å². The minimum Gasteiger partial charge on any atom is -0.350 e. The molecule has 0 fully saturated rings. The van der Waals surface area contributed by atoms with Gasteiger partial charge in [0.25, 0.3) is 0 Å². The molecule has 0 aliphatic carbocycles. The topological polar surface area (TPSA) is 86.8 Å². The summed E-state index contributed by atoms with van der Waals surface area (Å²) in [7, 11) is -3.81. The van der Waals surface area contributed by atoms with Crippen molar-refractivity contribution in [3.8, 4) is 0 Å². The van der Waals surface area contributed by atoms with E-state index >= 15 is 0 Å². The fourth-order valence-corrected chi connectivity index (χ4v) is 5.55. The maximum atomic E-state index is 14.2. The summed E-state index contributed by atoms with van der Waals surface area (Å²) in [4.78, 5) is 29.4. The summed E-state index contributed by atoms with van der Waals surface area (Å²) in [5, 5.41) is 3.03. The summed E-state index contributed by atoms with van der Waals surface area (Å²) in [6, 6.07) is 23.3. The molecule has 0 radical (unpaired) electrons. The molecular weight excluding hydrogens is 602 g/mol. The van der Waals surface area contributed by atoms with Crippen LogP contribution in [0.4, 0.5) is 5.69 Å². The van der Waals surface area contributed by atoms with Crippen molar-refractivity contribution in [3.63, 3.8) is 0 Å². The molecule has 0 heterocycles. The first-order valence-electron chi connectivity index (χ1n) is 13.6. The van der Waals surface area contributed by atoms with Gasteiger partial charge in [0.2, 0.25) is 21.8 Å². The number of carbonyl (C=O) groups is 2. The van der Waals surface area contributed by atoms with Crippen LogP contribution in [0.1, 0.15) is 57.2 Å². The smallest absolute Gasteiger partial charge is 0.244 e. The number of anilines is 1. The van der Waals surface area contributed by atoms with Crippen LogP contribution in [0.5, 0.6) is 0 Å². The van der Waals surface area contributed by atoms with Gasteiger partial charge < -0.3 is 10.2 Å². The lowest BCUT2D eigenvalue weighted by Gasteiger charge is -2.35. The molecule has 0 aliphatic rings. The minimum atomic E-state index is -3.81. The van der Waals surface area contributed by atoms with E-state index in [-0.39, 0.29) is 24.8 Å². The Morgan fingerprint density at radius 2 is 1.46 bits per heavy atom. The van der Waals surface area contributed by atoms with E-state index in [2.05, 4.69) is 35.1 Å². The highest BCUT2D eigenvalue weighted by molar-refractivity contribution is 9.10. The SMILES string of the molecule is CC(C)c1ccc(N(CC(=O)N(Cc2ccc(Br)cc2)[C@@H](Cc2ccccc2)C(=O)NC(C)(C)C)S(C)(=O)=O)cc1. The fourth-order valence-electron chi connectivity index (χ4n) is 4.43. The number of nitrogens with zero attached hydrogens (tertiary/aromatic N) is 2. The zero-order valence-corrected chi connectivity index (χ0v) is 27.0. The fraction of sp³-hybridized carbons (Fsp3) is 0.375. The standard InChI is InChI=1S/C32H40BrN3O4S/c1-23(2)26-14-18-28(19-15-26)36(41(6,39)40)22-30(37)35(21-25-12-16-27(33)17-13-25)29(31(38)34-32(3,4)5)20-24-10-8-7-9-11-24/h7-19,23,29H,20-22H2,1-6H3,(H,34,38)/t29-/m0/s1. The molecule has 220 valence electrons. The van der Waals surface area contributed by atoms with Crippen LogP contribution in [-0.4, -0.2) is 49.5 Å². The van der Waals surface area contributed by atoms with E-state index in [1.54, 1.807) is 12.1 Å². The van der Waals surface area contributed by atoms with Crippen LogP contribution in [0.25, 0.3) is 0 Å². The molecule has 0 saturated carbocycles. The third-order valence-corrected chi connectivity index (χ3v) is 8.23. The monoisotopic (exact) mass is 641 g/mol. The third kappa shape index (κ3) is 9.71. The predicted molar refractivity (Wildman–Crippen MR) is 169 cm³/mol. The second-order valence-electron chi connectivity index (χ2n) is 11.6. The summed E-state index contributed by atoms with van der Waals surface area (Å²) in [6.45, 7) is 9.47. The minimum absolute atomic E-state index is 0.130. The van der Waals surface area contributed by atoms with Crippen molar-refractivity contribution < 1.29 is 18.0 Å². The van der Waals surface area contributed by atoms with Gasteiger partial charge in [-0.2, -0.15) is 0 Å². The van der Waals surface area contributed by atoms with Gasteiger partial charge in [-0.25, -0.2) is 8.42 Å². The van der Waals surface area contributed by atoms with Crippen molar-refractivity contribution in [3.05, 3.63) is 100 Å². The van der Waals surface area contributed by atoms with Gasteiger partial charge in [-0.3, -0.25) is 13.9 Å². The van der Waals surface area contributed by atoms with Crippen molar-refractivity contribution in [2.45, 2.75) is 65.1 Å². The summed E-state index contributed by atoms with van der Waals surface area (Å²) >= 11 is 3.45. The number of halogens is 1. The average Bonchev–Trinajstić information content (AvgIpc) is 2.89. The molecule has 7 nitrogen and oxygen atoms in total. The Kier molecular flexibility index (Phi) is 10.8. The van der Waals surface area contributed by atoms with Gasteiger partial charge in [-0.05, 0) is 67.6 Å². The second-order valence-corrected chi connectivity index (χ2v) is 14.4. The normalized spacial score (nSPS) is 12.6. The molecule has 0 spiro atoms. The van der Waals surface area contributed by atoms with Crippen molar-refractivity contribution >= 4 is 43.5 Å². The number of rotatable bonds is 11. The molecule has 1 atom stereocenters. The van der Waals surface area contributed by atoms with E-state index in [1.807, 2.05) is 87.5 Å².